The first-order valence-electron chi connectivity index (χ1n) is 11.7. The fourth-order valence-electron chi connectivity index (χ4n) is 3.99. The Morgan fingerprint density at radius 2 is 1.72 bits per heavy atom. The van der Waals surface area contributed by atoms with Crippen LogP contribution in [0.15, 0.2) is 33.9 Å². The van der Waals surface area contributed by atoms with Gasteiger partial charge in [-0.15, -0.1) is 11.3 Å². The van der Waals surface area contributed by atoms with Crippen molar-refractivity contribution in [3.8, 4) is 0 Å². The minimum atomic E-state index is -1.83. The number of nitrogens with zero attached hydrogens (tertiary/aromatic N) is 2. The van der Waals surface area contributed by atoms with Gasteiger partial charge < -0.3 is 14.6 Å². The Bertz CT molecular complexity index is 1410. The van der Waals surface area contributed by atoms with Crippen LogP contribution >= 0.6 is 11.3 Å². The molecule has 0 aliphatic rings. The third kappa shape index (κ3) is 5.01. The molecule has 0 amide bonds. The average molecular weight is 517 g/mol. The Hall–Kier alpha value is -3.24. The van der Waals surface area contributed by atoms with Crippen molar-refractivity contribution in [2.24, 2.45) is 0 Å². The SMILES string of the molecule is CCOC(=O)c1sc2c(c1C)c(=O)n(C(C)(C)C(=O)O)c(=O)n2C[C@H](OC(C)C)c1ccc(C)cc1. The largest absolute Gasteiger partial charge is 0.480 e. The molecule has 0 aliphatic heterocycles. The molecule has 0 aliphatic carbocycles. The molecule has 1 aromatic carbocycles. The predicted octanol–water partition coefficient (Wildman–Crippen LogP) is 4.00. The van der Waals surface area contributed by atoms with Crippen LogP contribution in [0.3, 0.4) is 0 Å². The highest BCUT2D eigenvalue weighted by atomic mass is 32.1. The molecule has 0 unspecified atom stereocenters. The maximum Gasteiger partial charge on any atom is 0.348 e. The van der Waals surface area contributed by atoms with E-state index in [0.717, 1.165) is 27.0 Å². The van der Waals surface area contributed by atoms with Crippen LogP contribution in [0.2, 0.25) is 0 Å². The number of ether oxygens (including phenoxy) is 2. The monoisotopic (exact) mass is 516 g/mol. The summed E-state index contributed by atoms with van der Waals surface area (Å²) < 4.78 is 13.4. The summed E-state index contributed by atoms with van der Waals surface area (Å²) in [4.78, 5) is 52.5. The second-order valence-electron chi connectivity index (χ2n) is 9.44. The highest BCUT2D eigenvalue weighted by Crippen LogP contribution is 2.31. The summed E-state index contributed by atoms with van der Waals surface area (Å²) in [5, 5.41) is 9.95. The molecule has 3 rings (SSSR count). The zero-order valence-corrected chi connectivity index (χ0v) is 22.4. The standard InChI is InChI=1S/C26H32N2O7S/c1-8-34-23(30)20-16(5)19-21(29)28(26(6,7)24(31)32)25(33)27(22(19)36-20)13-18(35-14(2)3)17-11-9-15(4)10-12-17/h9-12,14,18H,8,13H2,1-7H3,(H,31,32)/t18-/m0/s1. The van der Waals surface area contributed by atoms with Gasteiger partial charge in [0.2, 0.25) is 0 Å². The van der Waals surface area contributed by atoms with E-state index in [0.29, 0.717) is 5.56 Å². The number of aromatic nitrogens is 2. The van der Waals surface area contributed by atoms with Gasteiger partial charge in [0.15, 0.2) is 0 Å². The van der Waals surface area contributed by atoms with Crippen LogP contribution in [0.25, 0.3) is 10.2 Å². The lowest BCUT2D eigenvalue weighted by Gasteiger charge is -2.26. The molecule has 0 saturated carbocycles. The summed E-state index contributed by atoms with van der Waals surface area (Å²) in [5.41, 5.74) is -1.16. The van der Waals surface area contributed by atoms with E-state index in [1.807, 2.05) is 45.0 Å². The molecule has 0 fully saturated rings. The van der Waals surface area contributed by atoms with Gasteiger partial charge in [-0.1, -0.05) is 29.8 Å². The number of aliphatic carboxylic acids is 1. The van der Waals surface area contributed by atoms with Crippen molar-refractivity contribution in [1.29, 1.82) is 0 Å². The van der Waals surface area contributed by atoms with Gasteiger partial charge in [-0.05, 0) is 59.6 Å². The molecular formula is C26H32N2O7S. The van der Waals surface area contributed by atoms with Crippen LogP contribution in [0.1, 0.15) is 67.1 Å². The second-order valence-corrected chi connectivity index (χ2v) is 10.4. The summed E-state index contributed by atoms with van der Waals surface area (Å²) in [6.07, 6.45) is -0.747. The molecule has 9 nitrogen and oxygen atoms in total. The van der Waals surface area contributed by atoms with Gasteiger partial charge in [0.1, 0.15) is 21.4 Å². The van der Waals surface area contributed by atoms with E-state index >= 15 is 0 Å². The van der Waals surface area contributed by atoms with Gasteiger partial charge in [0.25, 0.3) is 5.56 Å². The summed E-state index contributed by atoms with van der Waals surface area (Å²) in [6, 6.07) is 7.69. The second kappa shape index (κ2) is 10.4. The van der Waals surface area contributed by atoms with E-state index in [1.54, 1.807) is 13.8 Å². The van der Waals surface area contributed by atoms with E-state index in [-0.39, 0.29) is 34.3 Å². The summed E-state index contributed by atoms with van der Waals surface area (Å²) in [6.45, 7) is 11.7. The van der Waals surface area contributed by atoms with Crippen LogP contribution < -0.4 is 11.2 Å². The van der Waals surface area contributed by atoms with Crippen molar-refractivity contribution in [3.05, 3.63) is 66.7 Å². The number of carbonyl (C=O) groups is 2. The normalized spacial score (nSPS) is 12.8. The number of carboxylic acids is 1. The molecule has 2 heterocycles. The Morgan fingerprint density at radius 1 is 1.11 bits per heavy atom. The molecule has 3 aromatic rings. The topological polar surface area (TPSA) is 117 Å². The summed E-state index contributed by atoms with van der Waals surface area (Å²) >= 11 is 0.985. The Balaban J connectivity index is 2.37. The summed E-state index contributed by atoms with van der Waals surface area (Å²) in [5.74, 6) is -1.94. The zero-order valence-electron chi connectivity index (χ0n) is 21.6. The number of carbonyl (C=O) groups excluding carboxylic acids is 1. The van der Waals surface area contributed by atoms with Crippen molar-refractivity contribution in [1.82, 2.24) is 9.13 Å². The first-order chi connectivity index (χ1) is 16.8. The molecule has 36 heavy (non-hydrogen) atoms. The van der Waals surface area contributed by atoms with Gasteiger partial charge in [-0.25, -0.2) is 19.0 Å². The quantitative estimate of drug-likeness (QED) is 0.427. The van der Waals surface area contributed by atoms with Gasteiger partial charge in [0.05, 0.1) is 24.6 Å². The summed E-state index contributed by atoms with van der Waals surface area (Å²) in [7, 11) is 0. The van der Waals surface area contributed by atoms with Crippen LogP contribution in [-0.2, 0) is 26.4 Å². The number of hydrogen-bond acceptors (Lipinski definition) is 7. The number of benzene rings is 1. The number of aryl methyl sites for hydroxylation is 2. The first kappa shape index (κ1) is 27.3. The lowest BCUT2D eigenvalue weighted by molar-refractivity contribution is -0.146. The van der Waals surface area contributed by atoms with Crippen LogP contribution in [0.4, 0.5) is 0 Å². The molecule has 0 spiro atoms. The van der Waals surface area contributed by atoms with E-state index in [4.69, 9.17) is 9.47 Å². The maximum absolute atomic E-state index is 13.8. The van der Waals surface area contributed by atoms with Crippen LogP contribution in [-0.4, -0.2) is 38.9 Å². The lowest BCUT2D eigenvalue weighted by Crippen LogP contribution is -2.52. The number of esters is 1. The third-order valence-corrected chi connectivity index (χ3v) is 7.28. The van der Waals surface area contributed by atoms with Crippen LogP contribution in [0, 0.1) is 13.8 Å². The van der Waals surface area contributed by atoms with Crippen molar-refractivity contribution in [3.63, 3.8) is 0 Å². The van der Waals surface area contributed by atoms with E-state index < -0.39 is 34.8 Å². The molecule has 194 valence electrons. The number of thiophene rings is 1. The Kier molecular flexibility index (Phi) is 7.90. The fourth-order valence-corrected chi connectivity index (χ4v) is 5.19. The van der Waals surface area contributed by atoms with Crippen LogP contribution in [0.5, 0.6) is 0 Å². The number of hydrogen-bond donors (Lipinski definition) is 1. The predicted molar refractivity (Wildman–Crippen MR) is 138 cm³/mol. The average Bonchev–Trinajstić information content (AvgIpc) is 3.13. The Labute approximate surface area is 212 Å². The number of rotatable bonds is 9. The van der Waals surface area contributed by atoms with E-state index in [9.17, 15) is 24.3 Å². The molecule has 0 radical (unpaired) electrons. The zero-order chi connectivity index (χ0) is 26.9. The first-order valence-corrected chi connectivity index (χ1v) is 12.5. The van der Waals surface area contributed by atoms with Crippen molar-refractivity contribution in [2.45, 2.75) is 72.8 Å². The molecule has 0 saturated heterocycles. The highest BCUT2D eigenvalue weighted by molar-refractivity contribution is 7.20. The molecule has 10 heteroatoms. The van der Waals surface area contributed by atoms with Gasteiger partial charge >= 0.3 is 17.6 Å². The number of fused-ring (bicyclic) bond motifs is 1. The molecule has 2 aromatic heterocycles. The number of carboxylic acid groups (broad SMARTS) is 1. The lowest BCUT2D eigenvalue weighted by atomic mass is 10.0. The minimum absolute atomic E-state index is 0.00870. The van der Waals surface area contributed by atoms with Gasteiger partial charge in [-0.2, -0.15) is 0 Å². The van der Waals surface area contributed by atoms with Gasteiger partial charge in [0, 0.05) is 0 Å². The van der Waals surface area contributed by atoms with E-state index in [1.165, 1.54) is 18.4 Å². The fraction of sp³-hybridized carbons (Fsp3) is 0.462. The minimum Gasteiger partial charge on any atom is -0.480 e. The van der Waals surface area contributed by atoms with Gasteiger partial charge in [-0.3, -0.25) is 9.36 Å². The highest BCUT2D eigenvalue weighted by Gasteiger charge is 2.36. The smallest absolute Gasteiger partial charge is 0.348 e. The van der Waals surface area contributed by atoms with Crippen molar-refractivity contribution in [2.75, 3.05) is 6.61 Å². The van der Waals surface area contributed by atoms with E-state index in [2.05, 4.69) is 0 Å². The maximum atomic E-state index is 13.8. The van der Waals surface area contributed by atoms with Crippen molar-refractivity contribution < 1.29 is 24.2 Å². The molecular weight excluding hydrogens is 484 g/mol. The molecule has 1 atom stereocenters. The third-order valence-electron chi connectivity index (χ3n) is 5.99. The van der Waals surface area contributed by atoms with Crippen molar-refractivity contribution >= 4 is 33.5 Å². The molecule has 0 bridgehead atoms. The molecule has 1 N–H and O–H groups in total. The Morgan fingerprint density at radius 3 is 2.25 bits per heavy atom.